The minimum absolute atomic E-state index is 0.00714. The fourth-order valence-corrected chi connectivity index (χ4v) is 3.58. The van der Waals surface area contributed by atoms with E-state index < -0.39 is 0 Å². The van der Waals surface area contributed by atoms with Crippen LogP contribution < -0.4 is 10.6 Å². The summed E-state index contributed by atoms with van der Waals surface area (Å²) in [5.41, 5.74) is 1.96. The highest BCUT2D eigenvalue weighted by molar-refractivity contribution is 5.92. The second-order valence-corrected chi connectivity index (χ2v) is 7.03. The third-order valence-corrected chi connectivity index (χ3v) is 5.20. The van der Waals surface area contributed by atoms with E-state index in [0.29, 0.717) is 0 Å². The van der Waals surface area contributed by atoms with Gasteiger partial charge in [0.05, 0.1) is 12.7 Å². The third kappa shape index (κ3) is 5.27. The smallest absolute Gasteiger partial charge is 0.227 e. The normalized spacial score (nSPS) is 21.7. The van der Waals surface area contributed by atoms with Crippen LogP contribution in [-0.4, -0.2) is 63.6 Å². The van der Waals surface area contributed by atoms with E-state index in [2.05, 4.69) is 32.2 Å². The Balaban J connectivity index is 1.51. The lowest BCUT2D eigenvalue weighted by atomic mass is 9.95. The first-order valence-electron chi connectivity index (χ1n) is 9.78. The van der Waals surface area contributed by atoms with E-state index >= 15 is 0 Å². The number of nitrogens with one attached hydrogen (secondary N) is 2. The maximum Gasteiger partial charge on any atom is 0.227 e. The molecule has 2 aliphatic rings. The zero-order valence-corrected chi connectivity index (χ0v) is 16.4. The van der Waals surface area contributed by atoms with E-state index in [4.69, 9.17) is 4.74 Å². The van der Waals surface area contributed by atoms with Gasteiger partial charge in [-0.15, -0.1) is 0 Å². The molecule has 7 heteroatoms. The standard InChI is InChI=1S/C21H29N5O2/c1-22-10-7-20(23-2)26-12-8-17(9-13-26)21(27)25-18-5-3-16(4-6-18)19-15-24-11-14-28-19/h3-7,10,17,19,24H,2,8-9,11-15H2,1H3,(H,25,27)/b20-7+,22-10-. The van der Waals surface area contributed by atoms with Crippen molar-refractivity contribution in [1.29, 1.82) is 0 Å². The van der Waals surface area contributed by atoms with Crippen LogP contribution in [0.3, 0.4) is 0 Å². The van der Waals surface area contributed by atoms with E-state index in [1.165, 1.54) is 0 Å². The molecular formula is C21H29N5O2. The zero-order valence-electron chi connectivity index (χ0n) is 16.4. The summed E-state index contributed by atoms with van der Waals surface area (Å²) in [5.74, 6) is 0.891. The van der Waals surface area contributed by atoms with Crippen molar-refractivity contribution in [1.82, 2.24) is 10.2 Å². The SMILES string of the molecule is C=N/C(=C\C=N/C)N1CCC(C(=O)Nc2ccc(C3CNCCO3)cc2)CC1. The van der Waals surface area contributed by atoms with Gasteiger partial charge < -0.3 is 20.3 Å². The van der Waals surface area contributed by atoms with Crippen molar-refractivity contribution >= 4 is 24.5 Å². The molecule has 1 amide bonds. The van der Waals surface area contributed by atoms with Crippen LogP contribution in [0, 0.1) is 5.92 Å². The average Bonchev–Trinajstić information content (AvgIpc) is 2.76. The molecule has 1 aromatic rings. The lowest BCUT2D eigenvalue weighted by molar-refractivity contribution is -0.121. The molecule has 1 unspecified atom stereocenters. The highest BCUT2D eigenvalue weighted by Gasteiger charge is 2.26. The van der Waals surface area contributed by atoms with Crippen LogP contribution in [0.2, 0.25) is 0 Å². The van der Waals surface area contributed by atoms with Gasteiger partial charge in [-0.2, -0.15) is 0 Å². The number of piperidine rings is 1. The van der Waals surface area contributed by atoms with E-state index in [0.717, 1.165) is 62.7 Å². The number of rotatable bonds is 6. The molecular weight excluding hydrogens is 354 g/mol. The van der Waals surface area contributed by atoms with Gasteiger partial charge in [0.1, 0.15) is 5.82 Å². The molecule has 0 bridgehead atoms. The molecule has 7 nitrogen and oxygen atoms in total. The van der Waals surface area contributed by atoms with Gasteiger partial charge in [0.2, 0.25) is 5.91 Å². The fourth-order valence-electron chi connectivity index (χ4n) is 3.58. The lowest BCUT2D eigenvalue weighted by Crippen LogP contribution is -2.37. The quantitative estimate of drug-likeness (QED) is 0.739. The topological polar surface area (TPSA) is 78.3 Å². The molecule has 2 saturated heterocycles. The monoisotopic (exact) mass is 383 g/mol. The Morgan fingerprint density at radius 3 is 2.68 bits per heavy atom. The molecule has 0 spiro atoms. The van der Waals surface area contributed by atoms with E-state index in [1.54, 1.807) is 13.3 Å². The number of nitrogens with zero attached hydrogens (tertiary/aromatic N) is 3. The molecule has 2 N–H and O–H groups in total. The summed E-state index contributed by atoms with van der Waals surface area (Å²) in [6.07, 6.45) is 5.23. The number of amides is 1. The Labute approximate surface area is 166 Å². The van der Waals surface area contributed by atoms with Gasteiger partial charge in [0, 0.05) is 51.0 Å². The van der Waals surface area contributed by atoms with Gasteiger partial charge in [0.25, 0.3) is 0 Å². The summed E-state index contributed by atoms with van der Waals surface area (Å²) in [7, 11) is 1.72. The Kier molecular flexibility index (Phi) is 7.33. The summed E-state index contributed by atoms with van der Waals surface area (Å²) in [6.45, 7) is 7.64. The van der Waals surface area contributed by atoms with Crippen LogP contribution in [0.5, 0.6) is 0 Å². The molecule has 2 aliphatic heterocycles. The van der Waals surface area contributed by atoms with Gasteiger partial charge >= 0.3 is 0 Å². The van der Waals surface area contributed by atoms with Crippen LogP contribution in [0.1, 0.15) is 24.5 Å². The number of carbonyl (C=O) groups is 1. The molecule has 0 aromatic heterocycles. The minimum atomic E-state index is 0.00714. The molecule has 0 saturated carbocycles. The van der Waals surface area contributed by atoms with Crippen molar-refractivity contribution in [3.05, 3.63) is 41.7 Å². The molecule has 0 aliphatic carbocycles. The van der Waals surface area contributed by atoms with E-state index in [1.807, 2.05) is 30.3 Å². The molecule has 2 fully saturated rings. The van der Waals surface area contributed by atoms with Crippen molar-refractivity contribution in [2.45, 2.75) is 18.9 Å². The summed E-state index contributed by atoms with van der Waals surface area (Å²) in [6, 6.07) is 7.95. The number of hydrogen-bond acceptors (Lipinski definition) is 6. The first-order chi connectivity index (χ1) is 13.7. The Bertz CT molecular complexity index is 715. The highest BCUT2D eigenvalue weighted by Crippen LogP contribution is 2.24. The lowest BCUT2D eigenvalue weighted by Gasteiger charge is -2.32. The van der Waals surface area contributed by atoms with Crippen LogP contribution >= 0.6 is 0 Å². The number of aliphatic imine (C=N–C) groups is 2. The Hall–Kier alpha value is -2.51. The maximum atomic E-state index is 12.6. The van der Waals surface area contributed by atoms with Gasteiger partial charge in [-0.25, -0.2) is 4.99 Å². The van der Waals surface area contributed by atoms with Gasteiger partial charge in [0.15, 0.2) is 0 Å². The van der Waals surface area contributed by atoms with Crippen molar-refractivity contribution < 1.29 is 9.53 Å². The molecule has 0 radical (unpaired) electrons. The van der Waals surface area contributed by atoms with Crippen molar-refractivity contribution in [3.63, 3.8) is 0 Å². The predicted molar refractivity (Wildman–Crippen MR) is 113 cm³/mol. The number of carbonyl (C=O) groups excluding carboxylic acids is 1. The number of benzene rings is 1. The predicted octanol–water partition coefficient (Wildman–Crippen LogP) is 2.24. The molecule has 1 aromatic carbocycles. The zero-order chi connectivity index (χ0) is 19.8. The molecule has 1 atom stereocenters. The second-order valence-electron chi connectivity index (χ2n) is 7.03. The minimum Gasteiger partial charge on any atom is -0.371 e. The number of anilines is 1. The van der Waals surface area contributed by atoms with Crippen molar-refractivity contribution in [2.75, 3.05) is 45.2 Å². The summed E-state index contributed by atoms with van der Waals surface area (Å²) < 4.78 is 5.76. The largest absolute Gasteiger partial charge is 0.371 e. The number of ether oxygens (including phenoxy) is 1. The first kappa shape index (κ1) is 20.2. The van der Waals surface area contributed by atoms with Crippen LogP contribution in [0.4, 0.5) is 5.69 Å². The van der Waals surface area contributed by atoms with Crippen LogP contribution in [-0.2, 0) is 9.53 Å². The van der Waals surface area contributed by atoms with Crippen LogP contribution in [0.15, 0.2) is 46.1 Å². The fraction of sp³-hybridized carbons (Fsp3) is 0.476. The highest BCUT2D eigenvalue weighted by atomic mass is 16.5. The van der Waals surface area contributed by atoms with E-state index in [-0.39, 0.29) is 17.9 Å². The number of morpholine rings is 1. The summed E-state index contributed by atoms with van der Waals surface area (Å²) in [5, 5.41) is 6.38. The number of hydrogen-bond donors (Lipinski definition) is 2. The van der Waals surface area contributed by atoms with Crippen LogP contribution in [0.25, 0.3) is 0 Å². The van der Waals surface area contributed by atoms with Crippen molar-refractivity contribution in [2.24, 2.45) is 15.9 Å². The number of likely N-dealkylation sites (tertiary alicyclic amines) is 1. The second kappa shape index (κ2) is 10.1. The van der Waals surface area contributed by atoms with Gasteiger partial charge in [-0.1, -0.05) is 12.1 Å². The summed E-state index contributed by atoms with van der Waals surface area (Å²) in [4.78, 5) is 22.8. The van der Waals surface area contributed by atoms with E-state index in [9.17, 15) is 4.79 Å². The first-order valence-corrected chi connectivity index (χ1v) is 9.78. The average molecular weight is 383 g/mol. The third-order valence-electron chi connectivity index (χ3n) is 5.20. The molecule has 28 heavy (non-hydrogen) atoms. The molecule has 3 rings (SSSR count). The van der Waals surface area contributed by atoms with Gasteiger partial charge in [-0.05, 0) is 43.3 Å². The van der Waals surface area contributed by atoms with Gasteiger partial charge in [-0.3, -0.25) is 9.79 Å². The molecule has 2 heterocycles. The Morgan fingerprint density at radius 2 is 2.07 bits per heavy atom. The Morgan fingerprint density at radius 1 is 1.32 bits per heavy atom. The summed E-state index contributed by atoms with van der Waals surface area (Å²) >= 11 is 0. The molecule has 150 valence electrons. The van der Waals surface area contributed by atoms with Crippen molar-refractivity contribution in [3.8, 4) is 0 Å². The number of allylic oxidation sites excluding steroid dienone is 1. The maximum absolute atomic E-state index is 12.6.